The second kappa shape index (κ2) is 7.63. The van der Waals surface area contributed by atoms with Crippen LogP contribution in [-0.4, -0.2) is 20.9 Å². The van der Waals surface area contributed by atoms with Crippen LogP contribution in [0.15, 0.2) is 60.1 Å². The molecule has 0 bridgehead atoms. The number of aromatic nitrogens is 3. The van der Waals surface area contributed by atoms with E-state index in [0.717, 1.165) is 29.6 Å². The van der Waals surface area contributed by atoms with Crippen molar-refractivity contribution in [1.82, 2.24) is 15.0 Å². The van der Waals surface area contributed by atoms with Gasteiger partial charge >= 0.3 is 0 Å². The molecule has 0 aliphatic heterocycles. The van der Waals surface area contributed by atoms with Gasteiger partial charge in [-0.05, 0) is 24.1 Å². The fourth-order valence-corrected chi connectivity index (χ4v) is 3.54. The number of nitrogens with one attached hydrogen (secondary N) is 1. The standard InChI is InChI=1S/C21H18N4OS/c1-2-5-14-8-10-15(11-9-14)19-13-27-21(24-19)25-20(26)18-12-22-16-6-3-4-7-17(16)23-18/h3-4,6-13H,2,5H2,1H3,(H,24,25,26). The van der Waals surface area contributed by atoms with Gasteiger partial charge in [0, 0.05) is 10.9 Å². The zero-order chi connectivity index (χ0) is 18.6. The van der Waals surface area contributed by atoms with E-state index in [1.807, 2.05) is 29.6 Å². The fraction of sp³-hybridized carbons (Fsp3) is 0.143. The van der Waals surface area contributed by atoms with Gasteiger partial charge in [-0.25, -0.2) is 9.97 Å². The Balaban J connectivity index is 1.50. The summed E-state index contributed by atoms with van der Waals surface area (Å²) in [4.78, 5) is 25.6. The van der Waals surface area contributed by atoms with Crippen LogP contribution >= 0.6 is 11.3 Å². The van der Waals surface area contributed by atoms with Gasteiger partial charge in [-0.2, -0.15) is 0 Å². The second-order valence-corrected chi connectivity index (χ2v) is 7.04. The van der Waals surface area contributed by atoms with Crippen molar-refractivity contribution in [1.29, 1.82) is 0 Å². The third-order valence-corrected chi connectivity index (χ3v) is 4.95. The van der Waals surface area contributed by atoms with Crippen molar-refractivity contribution in [2.75, 3.05) is 5.32 Å². The van der Waals surface area contributed by atoms with E-state index in [0.29, 0.717) is 10.6 Å². The molecular weight excluding hydrogens is 356 g/mol. The summed E-state index contributed by atoms with van der Waals surface area (Å²) < 4.78 is 0. The van der Waals surface area contributed by atoms with Crippen LogP contribution in [0, 0.1) is 0 Å². The van der Waals surface area contributed by atoms with Crippen molar-refractivity contribution in [3.8, 4) is 11.3 Å². The quantitative estimate of drug-likeness (QED) is 0.536. The molecule has 4 aromatic rings. The summed E-state index contributed by atoms with van der Waals surface area (Å²) in [6, 6.07) is 15.9. The normalized spacial score (nSPS) is 10.9. The summed E-state index contributed by atoms with van der Waals surface area (Å²) in [7, 11) is 0. The molecule has 1 amide bonds. The maximum Gasteiger partial charge on any atom is 0.277 e. The van der Waals surface area contributed by atoms with Crippen LogP contribution in [0.1, 0.15) is 29.4 Å². The molecule has 0 radical (unpaired) electrons. The average Bonchev–Trinajstić information content (AvgIpc) is 3.17. The molecule has 0 saturated carbocycles. The van der Waals surface area contributed by atoms with E-state index in [4.69, 9.17) is 0 Å². The summed E-state index contributed by atoms with van der Waals surface area (Å²) in [6.45, 7) is 2.17. The van der Waals surface area contributed by atoms with E-state index in [1.165, 1.54) is 23.1 Å². The monoisotopic (exact) mass is 374 g/mol. The van der Waals surface area contributed by atoms with Crippen molar-refractivity contribution in [3.63, 3.8) is 0 Å². The molecule has 27 heavy (non-hydrogen) atoms. The number of carbonyl (C=O) groups excluding carboxylic acids is 1. The van der Waals surface area contributed by atoms with E-state index in [-0.39, 0.29) is 11.6 Å². The number of amides is 1. The lowest BCUT2D eigenvalue weighted by atomic mass is 10.1. The Hall–Kier alpha value is -3.12. The molecule has 4 rings (SSSR count). The summed E-state index contributed by atoms with van der Waals surface area (Å²) in [5.41, 5.74) is 4.93. The van der Waals surface area contributed by atoms with Gasteiger partial charge in [-0.3, -0.25) is 15.1 Å². The molecule has 0 aliphatic carbocycles. The van der Waals surface area contributed by atoms with Gasteiger partial charge in [-0.15, -0.1) is 11.3 Å². The minimum Gasteiger partial charge on any atom is -0.296 e. The van der Waals surface area contributed by atoms with Crippen molar-refractivity contribution >= 4 is 33.4 Å². The molecule has 134 valence electrons. The molecule has 6 heteroatoms. The molecule has 0 saturated heterocycles. The number of aryl methyl sites for hydroxylation is 1. The van der Waals surface area contributed by atoms with Crippen molar-refractivity contribution in [2.45, 2.75) is 19.8 Å². The van der Waals surface area contributed by atoms with Gasteiger partial charge in [-0.1, -0.05) is 49.7 Å². The number of fused-ring (bicyclic) bond motifs is 1. The molecule has 2 aromatic heterocycles. The third-order valence-electron chi connectivity index (χ3n) is 4.19. The Labute approximate surface area is 161 Å². The smallest absolute Gasteiger partial charge is 0.277 e. The Kier molecular flexibility index (Phi) is 4.89. The zero-order valence-corrected chi connectivity index (χ0v) is 15.7. The van der Waals surface area contributed by atoms with E-state index in [9.17, 15) is 4.79 Å². The Morgan fingerprint density at radius 1 is 1.04 bits per heavy atom. The highest BCUT2D eigenvalue weighted by atomic mass is 32.1. The molecule has 5 nitrogen and oxygen atoms in total. The average molecular weight is 374 g/mol. The van der Waals surface area contributed by atoms with Crippen LogP contribution in [-0.2, 0) is 6.42 Å². The fourth-order valence-electron chi connectivity index (χ4n) is 2.82. The SMILES string of the molecule is CCCc1ccc(-c2csc(NC(=O)c3cnc4ccccc4n3)n2)cc1. The first-order valence-corrected chi connectivity index (χ1v) is 9.69. The highest BCUT2D eigenvalue weighted by Crippen LogP contribution is 2.25. The number of nitrogens with zero attached hydrogens (tertiary/aromatic N) is 3. The number of hydrogen-bond acceptors (Lipinski definition) is 5. The van der Waals surface area contributed by atoms with Crippen molar-refractivity contribution < 1.29 is 4.79 Å². The van der Waals surface area contributed by atoms with Crippen LogP contribution in [0.3, 0.4) is 0 Å². The number of hydrogen-bond donors (Lipinski definition) is 1. The van der Waals surface area contributed by atoms with Crippen LogP contribution in [0.4, 0.5) is 5.13 Å². The van der Waals surface area contributed by atoms with E-state index in [1.54, 1.807) is 0 Å². The first-order chi connectivity index (χ1) is 13.2. The predicted molar refractivity (Wildman–Crippen MR) is 109 cm³/mol. The third kappa shape index (κ3) is 3.85. The topological polar surface area (TPSA) is 67.8 Å². The number of carbonyl (C=O) groups is 1. The number of rotatable bonds is 5. The van der Waals surface area contributed by atoms with Gasteiger partial charge in [0.1, 0.15) is 5.69 Å². The van der Waals surface area contributed by atoms with E-state index >= 15 is 0 Å². The zero-order valence-electron chi connectivity index (χ0n) is 14.8. The van der Waals surface area contributed by atoms with Gasteiger partial charge in [0.05, 0.1) is 22.9 Å². The highest BCUT2D eigenvalue weighted by molar-refractivity contribution is 7.14. The number of benzene rings is 2. The molecule has 0 atom stereocenters. The molecule has 2 aromatic carbocycles. The molecule has 0 spiro atoms. The molecule has 2 heterocycles. The summed E-state index contributed by atoms with van der Waals surface area (Å²) in [5, 5.41) is 5.30. The minimum atomic E-state index is -0.313. The molecular formula is C21H18N4OS. The summed E-state index contributed by atoms with van der Waals surface area (Å²) in [5.74, 6) is -0.313. The first-order valence-electron chi connectivity index (χ1n) is 8.81. The Morgan fingerprint density at radius 3 is 2.59 bits per heavy atom. The number of anilines is 1. The maximum atomic E-state index is 12.5. The first kappa shape index (κ1) is 17.3. The van der Waals surface area contributed by atoms with Gasteiger partial charge in [0.2, 0.25) is 0 Å². The summed E-state index contributed by atoms with van der Waals surface area (Å²) >= 11 is 1.39. The molecule has 1 N–H and O–H groups in total. The lowest BCUT2D eigenvalue weighted by Crippen LogP contribution is -2.14. The van der Waals surface area contributed by atoms with Gasteiger partial charge in [0.15, 0.2) is 5.13 Å². The Bertz CT molecular complexity index is 1090. The Morgan fingerprint density at radius 2 is 1.81 bits per heavy atom. The maximum absolute atomic E-state index is 12.5. The second-order valence-electron chi connectivity index (χ2n) is 6.18. The van der Waals surface area contributed by atoms with E-state index < -0.39 is 0 Å². The van der Waals surface area contributed by atoms with Crippen LogP contribution in [0.25, 0.3) is 22.3 Å². The van der Waals surface area contributed by atoms with Gasteiger partial charge < -0.3 is 0 Å². The molecule has 0 fully saturated rings. The minimum absolute atomic E-state index is 0.273. The van der Waals surface area contributed by atoms with Crippen molar-refractivity contribution in [2.24, 2.45) is 0 Å². The lowest BCUT2D eigenvalue weighted by molar-refractivity contribution is 0.102. The predicted octanol–water partition coefficient (Wildman–Crippen LogP) is 4.96. The lowest BCUT2D eigenvalue weighted by Gasteiger charge is -2.03. The largest absolute Gasteiger partial charge is 0.296 e. The highest BCUT2D eigenvalue weighted by Gasteiger charge is 2.12. The van der Waals surface area contributed by atoms with Crippen molar-refractivity contribution in [3.05, 3.63) is 71.4 Å². The number of para-hydroxylation sites is 2. The molecule has 0 aliphatic rings. The van der Waals surface area contributed by atoms with Crippen LogP contribution < -0.4 is 5.32 Å². The number of thiazole rings is 1. The van der Waals surface area contributed by atoms with Gasteiger partial charge in [0.25, 0.3) is 5.91 Å². The summed E-state index contributed by atoms with van der Waals surface area (Å²) in [6.07, 6.45) is 3.69. The molecule has 0 unspecified atom stereocenters. The van der Waals surface area contributed by atoms with Crippen LogP contribution in [0.2, 0.25) is 0 Å². The van der Waals surface area contributed by atoms with Crippen LogP contribution in [0.5, 0.6) is 0 Å². The van der Waals surface area contributed by atoms with E-state index in [2.05, 4.69) is 51.5 Å².